The summed E-state index contributed by atoms with van der Waals surface area (Å²) in [6.45, 7) is 0. The first-order valence-corrected chi connectivity index (χ1v) is 9.01. The molecule has 0 saturated carbocycles. The van der Waals surface area contributed by atoms with Crippen LogP contribution in [0.2, 0.25) is 0 Å². The van der Waals surface area contributed by atoms with Crippen LogP contribution in [0, 0.1) is 0 Å². The summed E-state index contributed by atoms with van der Waals surface area (Å²) in [6.07, 6.45) is -6.90. The summed E-state index contributed by atoms with van der Waals surface area (Å²) < 4.78 is 45.7. The lowest BCUT2D eigenvalue weighted by Crippen LogP contribution is -2.32. The van der Waals surface area contributed by atoms with Crippen LogP contribution in [0.3, 0.4) is 0 Å². The Morgan fingerprint density at radius 3 is 2.26 bits per heavy atom. The Bertz CT molecular complexity index is 1050. The van der Waals surface area contributed by atoms with Crippen molar-refractivity contribution in [1.29, 1.82) is 0 Å². The van der Waals surface area contributed by atoms with Crippen LogP contribution < -0.4 is 16.2 Å². The Labute approximate surface area is 174 Å². The Kier molecular flexibility index (Phi) is 6.35. The van der Waals surface area contributed by atoms with Gasteiger partial charge in [-0.15, -0.1) is 0 Å². The molecule has 0 spiro atoms. The Morgan fingerprint density at radius 1 is 1.03 bits per heavy atom. The number of rotatable bonds is 7. The van der Waals surface area contributed by atoms with E-state index in [-0.39, 0.29) is 23.8 Å². The van der Waals surface area contributed by atoms with E-state index >= 15 is 0 Å². The van der Waals surface area contributed by atoms with Gasteiger partial charge in [0.2, 0.25) is 12.1 Å². The highest BCUT2D eigenvalue weighted by Gasteiger charge is 2.43. The molecule has 2 atom stereocenters. The minimum atomic E-state index is -4.71. The van der Waals surface area contributed by atoms with Crippen LogP contribution in [0.4, 0.5) is 19.1 Å². The maximum absolute atomic E-state index is 13.5. The zero-order valence-corrected chi connectivity index (χ0v) is 16.0. The molecule has 0 aliphatic rings. The van der Waals surface area contributed by atoms with E-state index in [1.54, 1.807) is 30.3 Å². The van der Waals surface area contributed by atoms with Gasteiger partial charge in [-0.1, -0.05) is 54.6 Å². The van der Waals surface area contributed by atoms with Crippen molar-refractivity contribution < 1.29 is 27.8 Å². The molecule has 0 radical (unpaired) electrons. The van der Waals surface area contributed by atoms with Crippen LogP contribution in [0.15, 0.2) is 54.6 Å². The summed E-state index contributed by atoms with van der Waals surface area (Å²) in [5, 5.41) is 8.89. The van der Waals surface area contributed by atoms with Crippen LogP contribution in [-0.2, 0) is 11.2 Å². The normalized spacial score (nSPS) is 13.4. The molecule has 31 heavy (non-hydrogen) atoms. The Hall–Kier alpha value is -3.73. The summed E-state index contributed by atoms with van der Waals surface area (Å²) in [4.78, 5) is 22.4. The van der Waals surface area contributed by atoms with Crippen LogP contribution in [-0.4, -0.2) is 38.2 Å². The van der Waals surface area contributed by atoms with Gasteiger partial charge in [0, 0.05) is 11.1 Å². The summed E-state index contributed by atoms with van der Waals surface area (Å²) in [7, 11) is 0. The van der Waals surface area contributed by atoms with E-state index in [2.05, 4.69) is 15.0 Å². The molecule has 162 valence electrons. The van der Waals surface area contributed by atoms with Crippen LogP contribution in [0.25, 0.3) is 11.4 Å². The van der Waals surface area contributed by atoms with E-state index in [1.807, 2.05) is 0 Å². The predicted octanol–water partition coefficient (Wildman–Crippen LogP) is 2.76. The maximum atomic E-state index is 13.5. The van der Waals surface area contributed by atoms with E-state index in [0.29, 0.717) is 11.1 Å². The number of nitrogen functional groups attached to an aromatic ring is 1. The first-order chi connectivity index (χ1) is 14.6. The number of hydrogen-bond acceptors (Lipinski definition) is 7. The largest absolute Gasteiger partial charge is 0.480 e. The second kappa shape index (κ2) is 8.96. The monoisotopic (exact) mass is 433 g/mol. The van der Waals surface area contributed by atoms with Crippen molar-refractivity contribution in [3.63, 3.8) is 0 Å². The van der Waals surface area contributed by atoms with Gasteiger partial charge in [-0.2, -0.15) is 28.1 Å². The molecule has 2 unspecified atom stereocenters. The van der Waals surface area contributed by atoms with Gasteiger partial charge in [-0.25, -0.2) is 0 Å². The maximum Gasteiger partial charge on any atom is 0.429 e. The number of carboxylic acids is 1. The lowest BCUT2D eigenvalue weighted by molar-refractivity contribution is -0.199. The second-order valence-electron chi connectivity index (χ2n) is 6.60. The van der Waals surface area contributed by atoms with Crippen molar-refractivity contribution in [2.24, 2.45) is 5.73 Å². The van der Waals surface area contributed by atoms with Crippen LogP contribution in [0.5, 0.6) is 6.01 Å². The molecule has 0 amide bonds. The van der Waals surface area contributed by atoms with Crippen molar-refractivity contribution >= 4 is 11.9 Å². The van der Waals surface area contributed by atoms with Gasteiger partial charge >= 0.3 is 18.2 Å². The highest BCUT2D eigenvalue weighted by molar-refractivity contribution is 5.73. The number of aromatic nitrogens is 3. The van der Waals surface area contributed by atoms with Crippen LogP contribution in [0.1, 0.15) is 17.2 Å². The van der Waals surface area contributed by atoms with E-state index in [1.165, 1.54) is 24.3 Å². The van der Waals surface area contributed by atoms with Crippen molar-refractivity contribution in [1.82, 2.24) is 15.0 Å². The lowest BCUT2D eigenvalue weighted by atomic mass is 10.0. The summed E-state index contributed by atoms with van der Waals surface area (Å²) >= 11 is 0. The van der Waals surface area contributed by atoms with Crippen molar-refractivity contribution in [3.05, 3.63) is 65.7 Å². The average Bonchev–Trinajstić information content (AvgIpc) is 2.72. The Morgan fingerprint density at radius 2 is 1.68 bits per heavy atom. The highest BCUT2D eigenvalue weighted by atomic mass is 19.4. The van der Waals surface area contributed by atoms with Gasteiger partial charge in [0.05, 0.1) is 0 Å². The topological polar surface area (TPSA) is 137 Å². The SMILES string of the molecule is Nc1nc(OC(c2ccccc2)C(F)(F)F)nc(-c2ccc(CC(N)C(=O)O)cc2)n1. The smallest absolute Gasteiger partial charge is 0.429 e. The van der Waals surface area contributed by atoms with E-state index in [0.717, 1.165) is 0 Å². The summed E-state index contributed by atoms with van der Waals surface area (Å²) in [5.74, 6) is -1.44. The van der Waals surface area contributed by atoms with E-state index < -0.39 is 30.3 Å². The molecule has 2 aromatic carbocycles. The zero-order valence-electron chi connectivity index (χ0n) is 16.0. The first-order valence-electron chi connectivity index (χ1n) is 9.01. The quantitative estimate of drug-likeness (QED) is 0.517. The minimum absolute atomic E-state index is 0.00516. The molecule has 5 N–H and O–H groups in total. The number of anilines is 1. The fourth-order valence-electron chi connectivity index (χ4n) is 2.74. The molecular formula is C20H18F3N5O3. The Balaban J connectivity index is 1.87. The molecule has 3 aromatic rings. The number of hydrogen-bond donors (Lipinski definition) is 3. The number of benzene rings is 2. The van der Waals surface area contributed by atoms with Crippen molar-refractivity contribution in [3.8, 4) is 17.4 Å². The molecule has 0 saturated heterocycles. The average molecular weight is 433 g/mol. The second-order valence-corrected chi connectivity index (χ2v) is 6.60. The molecule has 0 fully saturated rings. The molecule has 0 aliphatic heterocycles. The number of carbonyl (C=O) groups is 1. The molecule has 3 rings (SSSR count). The third-order valence-corrected chi connectivity index (χ3v) is 4.24. The highest BCUT2D eigenvalue weighted by Crippen LogP contribution is 2.36. The fraction of sp³-hybridized carbons (Fsp3) is 0.200. The molecule has 8 nitrogen and oxygen atoms in total. The van der Waals surface area contributed by atoms with Gasteiger partial charge in [-0.05, 0) is 12.0 Å². The third-order valence-electron chi connectivity index (χ3n) is 4.24. The standard InChI is InChI=1S/C20H18F3N5O3/c21-20(22,23)15(12-4-2-1-3-5-12)31-19-27-16(26-18(25)28-19)13-8-6-11(7-9-13)10-14(24)17(29)30/h1-9,14-15H,10,24H2,(H,29,30)(H2,25,26,27,28). The first kappa shape index (κ1) is 22.0. The lowest BCUT2D eigenvalue weighted by Gasteiger charge is -2.21. The molecule has 0 aliphatic carbocycles. The summed E-state index contributed by atoms with van der Waals surface area (Å²) in [5.41, 5.74) is 12.1. The van der Waals surface area contributed by atoms with Gasteiger partial charge in [0.1, 0.15) is 6.04 Å². The number of aliphatic carboxylic acids is 1. The summed E-state index contributed by atoms with van der Waals surface area (Å²) in [6, 6.07) is 11.8. The van der Waals surface area contributed by atoms with E-state index in [9.17, 15) is 18.0 Å². The van der Waals surface area contributed by atoms with Gasteiger partial charge in [0.25, 0.3) is 0 Å². The van der Waals surface area contributed by atoms with E-state index in [4.69, 9.17) is 21.3 Å². The predicted molar refractivity (Wildman–Crippen MR) is 105 cm³/mol. The number of ether oxygens (including phenoxy) is 1. The molecule has 0 bridgehead atoms. The molecular weight excluding hydrogens is 415 g/mol. The number of nitrogens with two attached hydrogens (primary N) is 2. The number of alkyl halides is 3. The number of nitrogens with zero attached hydrogens (tertiary/aromatic N) is 3. The van der Waals surface area contributed by atoms with Crippen molar-refractivity contribution in [2.75, 3.05) is 5.73 Å². The molecule has 1 heterocycles. The number of carboxylic acid groups (broad SMARTS) is 1. The van der Waals surface area contributed by atoms with Gasteiger partial charge < -0.3 is 21.3 Å². The van der Waals surface area contributed by atoms with Gasteiger partial charge in [-0.3, -0.25) is 4.79 Å². The van der Waals surface area contributed by atoms with Crippen molar-refractivity contribution in [2.45, 2.75) is 24.7 Å². The molecule has 1 aromatic heterocycles. The van der Waals surface area contributed by atoms with Gasteiger partial charge in [0.15, 0.2) is 5.82 Å². The third kappa shape index (κ3) is 5.66. The number of halogens is 3. The zero-order chi connectivity index (χ0) is 22.6. The van der Waals surface area contributed by atoms with Crippen LogP contribution >= 0.6 is 0 Å². The minimum Gasteiger partial charge on any atom is -0.480 e. The molecule has 11 heteroatoms. The fourth-order valence-corrected chi connectivity index (χ4v) is 2.74.